The highest BCUT2D eigenvalue weighted by molar-refractivity contribution is 5.80. The van der Waals surface area contributed by atoms with Gasteiger partial charge < -0.3 is 24.4 Å². The molecular weight excluding hydrogens is 342 g/mol. The molecule has 1 fully saturated rings. The lowest BCUT2D eigenvalue weighted by atomic mass is 10.2. The summed E-state index contributed by atoms with van der Waals surface area (Å²) in [5.74, 6) is 2.86. The molecule has 146 valence electrons. The minimum Gasteiger partial charge on any atom is -0.497 e. The number of benzene rings is 1. The molecule has 0 saturated carbocycles. The Kier molecular flexibility index (Phi) is 6.51. The van der Waals surface area contributed by atoms with Crippen molar-refractivity contribution in [2.75, 3.05) is 51.8 Å². The number of ether oxygens (including phenoxy) is 1. The lowest BCUT2D eigenvalue weighted by Crippen LogP contribution is -2.52. The van der Waals surface area contributed by atoms with Crippen molar-refractivity contribution < 1.29 is 4.74 Å². The summed E-state index contributed by atoms with van der Waals surface area (Å²) < 4.78 is 7.32. The van der Waals surface area contributed by atoms with Crippen molar-refractivity contribution in [3.8, 4) is 5.75 Å². The topological polar surface area (TPSA) is 70.8 Å². The van der Waals surface area contributed by atoms with Crippen molar-refractivity contribution in [3.05, 3.63) is 36.4 Å². The highest BCUT2D eigenvalue weighted by Gasteiger charge is 2.19. The van der Waals surface area contributed by atoms with Crippen LogP contribution in [0.3, 0.4) is 0 Å². The maximum atomic E-state index is 5.24. The zero-order valence-corrected chi connectivity index (χ0v) is 16.4. The van der Waals surface area contributed by atoms with Crippen LogP contribution in [-0.2, 0) is 13.0 Å². The van der Waals surface area contributed by atoms with Gasteiger partial charge in [0.05, 0.1) is 7.11 Å². The van der Waals surface area contributed by atoms with Crippen LogP contribution in [0.4, 0.5) is 5.69 Å². The largest absolute Gasteiger partial charge is 0.497 e. The molecule has 0 aliphatic carbocycles. The number of aromatic nitrogens is 3. The fourth-order valence-electron chi connectivity index (χ4n) is 3.33. The standard InChI is InChI=1S/C19H29N7O/c1-4-18-23-22-15-26(18)10-9-21-19(20-2)25-13-11-24(12-14-25)16-5-7-17(27-3)8-6-16/h5-8,15H,4,9-14H2,1-3H3,(H,20,21). The number of methoxy groups -OCH3 is 1. The quantitative estimate of drug-likeness (QED) is 0.609. The summed E-state index contributed by atoms with van der Waals surface area (Å²) in [6.45, 7) is 7.56. The summed E-state index contributed by atoms with van der Waals surface area (Å²) in [6.07, 6.45) is 2.68. The van der Waals surface area contributed by atoms with Crippen molar-refractivity contribution in [1.82, 2.24) is 25.0 Å². The van der Waals surface area contributed by atoms with Gasteiger partial charge in [0.2, 0.25) is 0 Å². The molecule has 0 amide bonds. The molecule has 1 saturated heterocycles. The van der Waals surface area contributed by atoms with E-state index in [0.29, 0.717) is 0 Å². The molecule has 0 atom stereocenters. The second-order valence-corrected chi connectivity index (χ2v) is 6.44. The fourth-order valence-corrected chi connectivity index (χ4v) is 3.33. The normalized spacial score (nSPS) is 15.1. The SMILES string of the molecule is CCc1nncn1CCNC(=NC)N1CCN(c2ccc(OC)cc2)CC1. The van der Waals surface area contributed by atoms with Gasteiger partial charge in [-0.1, -0.05) is 6.92 Å². The summed E-state index contributed by atoms with van der Waals surface area (Å²) in [5.41, 5.74) is 1.23. The zero-order valence-electron chi connectivity index (χ0n) is 16.4. The van der Waals surface area contributed by atoms with Gasteiger partial charge in [-0.05, 0) is 24.3 Å². The van der Waals surface area contributed by atoms with Crippen LogP contribution in [-0.4, -0.2) is 72.5 Å². The van der Waals surface area contributed by atoms with Gasteiger partial charge >= 0.3 is 0 Å². The van der Waals surface area contributed by atoms with Gasteiger partial charge in [-0.25, -0.2) is 0 Å². The molecule has 0 bridgehead atoms. The van der Waals surface area contributed by atoms with Gasteiger partial charge in [-0.2, -0.15) is 0 Å². The highest BCUT2D eigenvalue weighted by Crippen LogP contribution is 2.20. The van der Waals surface area contributed by atoms with Crippen LogP contribution in [0.2, 0.25) is 0 Å². The predicted octanol–water partition coefficient (Wildman–Crippen LogP) is 1.25. The van der Waals surface area contributed by atoms with E-state index in [4.69, 9.17) is 4.74 Å². The van der Waals surface area contributed by atoms with E-state index in [2.05, 4.69) is 53.9 Å². The number of rotatable bonds is 6. The molecule has 27 heavy (non-hydrogen) atoms. The number of aliphatic imine (C=N–C) groups is 1. The van der Waals surface area contributed by atoms with Gasteiger partial charge in [-0.15, -0.1) is 10.2 Å². The Morgan fingerprint density at radius 3 is 2.56 bits per heavy atom. The van der Waals surface area contributed by atoms with Gasteiger partial charge in [0.1, 0.15) is 17.9 Å². The molecule has 1 N–H and O–H groups in total. The average Bonchev–Trinajstić information content (AvgIpc) is 3.19. The molecule has 0 radical (unpaired) electrons. The number of nitrogens with zero attached hydrogens (tertiary/aromatic N) is 6. The number of aryl methyl sites for hydroxylation is 1. The first-order valence-electron chi connectivity index (χ1n) is 9.46. The minimum atomic E-state index is 0.802. The van der Waals surface area contributed by atoms with Crippen LogP contribution in [0.1, 0.15) is 12.7 Å². The third kappa shape index (κ3) is 4.69. The first-order valence-corrected chi connectivity index (χ1v) is 9.46. The van der Waals surface area contributed by atoms with Crippen LogP contribution in [0.5, 0.6) is 5.75 Å². The second kappa shape index (κ2) is 9.25. The number of guanidine groups is 1. The lowest BCUT2D eigenvalue weighted by Gasteiger charge is -2.37. The number of hydrogen-bond acceptors (Lipinski definition) is 5. The second-order valence-electron chi connectivity index (χ2n) is 6.44. The van der Waals surface area contributed by atoms with E-state index in [1.165, 1.54) is 5.69 Å². The number of nitrogens with one attached hydrogen (secondary N) is 1. The van der Waals surface area contributed by atoms with E-state index in [-0.39, 0.29) is 0 Å². The number of piperazine rings is 1. The molecule has 0 spiro atoms. The number of hydrogen-bond donors (Lipinski definition) is 1. The van der Waals surface area contributed by atoms with E-state index < -0.39 is 0 Å². The summed E-state index contributed by atoms with van der Waals surface area (Å²) in [4.78, 5) is 9.16. The Balaban J connectivity index is 1.48. The molecule has 0 unspecified atom stereocenters. The Morgan fingerprint density at radius 1 is 1.19 bits per heavy atom. The van der Waals surface area contributed by atoms with Gasteiger partial charge in [0, 0.05) is 58.4 Å². The zero-order chi connectivity index (χ0) is 19.1. The highest BCUT2D eigenvalue weighted by atomic mass is 16.5. The first-order chi connectivity index (χ1) is 13.2. The first kappa shape index (κ1) is 19.0. The summed E-state index contributed by atoms with van der Waals surface area (Å²) in [7, 11) is 3.53. The maximum absolute atomic E-state index is 5.24. The van der Waals surface area contributed by atoms with E-state index in [1.54, 1.807) is 13.4 Å². The molecule has 1 aliphatic heterocycles. The fraction of sp³-hybridized carbons (Fsp3) is 0.526. The number of anilines is 1. The Labute approximate surface area is 160 Å². The van der Waals surface area contributed by atoms with E-state index >= 15 is 0 Å². The summed E-state index contributed by atoms with van der Waals surface area (Å²) in [5, 5.41) is 11.6. The predicted molar refractivity (Wildman–Crippen MR) is 108 cm³/mol. The van der Waals surface area contributed by atoms with Crippen LogP contribution < -0.4 is 15.0 Å². The third-order valence-corrected chi connectivity index (χ3v) is 4.88. The molecule has 1 aromatic heterocycles. The van der Waals surface area contributed by atoms with Crippen LogP contribution in [0, 0.1) is 0 Å². The van der Waals surface area contributed by atoms with Crippen molar-refractivity contribution in [2.24, 2.45) is 4.99 Å². The maximum Gasteiger partial charge on any atom is 0.193 e. The smallest absolute Gasteiger partial charge is 0.193 e. The van der Waals surface area contributed by atoms with Crippen LogP contribution in [0.15, 0.2) is 35.6 Å². The third-order valence-electron chi connectivity index (χ3n) is 4.88. The Hall–Kier alpha value is -2.77. The lowest BCUT2D eigenvalue weighted by molar-refractivity contribution is 0.371. The molecular formula is C19H29N7O. The molecule has 1 aliphatic rings. The molecule has 2 heterocycles. The Bertz CT molecular complexity index is 733. The van der Waals surface area contributed by atoms with Crippen LogP contribution >= 0.6 is 0 Å². The average molecular weight is 371 g/mol. The van der Waals surface area contributed by atoms with Crippen molar-refractivity contribution in [3.63, 3.8) is 0 Å². The van der Waals surface area contributed by atoms with Crippen molar-refractivity contribution in [1.29, 1.82) is 0 Å². The molecule has 8 nitrogen and oxygen atoms in total. The van der Waals surface area contributed by atoms with Crippen molar-refractivity contribution in [2.45, 2.75) is 19.9 Å². The van der Waals surface area contributed by atoms with E-state index in [1.807, 2.05) is 19.2 Å². The molecule has 8 heteroatoms. The molecule has 3 rings (SSSR count). The molecule has 2 aromatic rings. The Morgan fingerprint density at radius 2 is 1.93 bits per heavy atom. The summed E-state index contributed by atoms with van der Waals surface area (Å²) in [6, 6.07) is 8.26. The summed E-state index contributed by atoms with van der Waals surface area (Å²) >= 11 is 0. The van der Waals surface area contributed by atoms with Gasteiger partial charge in [0.25, 0.3) is 0 Å². The van der Waals surface area contributed by atoms with Gasteiger partial charge in [0.15, 0.2) is 5.96 Å². The van der Waals surface area contributed by atoms with E-state index in [9.17, 15) is 0 Å². The minimum absolute atomic E-state index is 0.802. The van der Waals surface area contributed by atoms with Crippen LogP contribution in [0.25, 0.3) is 0 Å². The molecule has 1 aromatic carbocycles. The van der Waals surface area contributed by atoms with Gasteiger partial charge in [-0.3, -0.25) is 4.99 Å². The van der Waals surface area contributed by atoms with Crippen molar-refractivity contribution >= 4 is 11.6 Å². The van der Waals surface area contributed by atoms with E-state index in [0.717, 1.165) is 63.2 Å². The monoisotopic (exact) mass is 371 g/mol.